The fourth-order valence-corrected chi connectivity index (χ4v) is 1.40. The summed E-state index contributed by atoms with van der Waals surface area (Å²) in [4.78, 5) is 15.4. The van der Waals surface area contributed by atoms with Crippen LogP contribution in [0.5, 0.6) is 0 Å². The van der Waals surface area contributed by atoms with E-state index in [1.54, 1.807) is 31.6 Å². The molecule has 76 valence electrons. The van der Waals surface area contributed by atoms with Gasteiger partial charge in [0.05, 0.1) is 6.20 Å². The first-order valence-corrected chi connectivity index (χ1v) is 4.58. The van der Waals surface area contributed by atoms with Crippen LogP contribution < -0.4 is 5.32 Å². The third-order valence-electron chi connectivity index (χ3n) is 2.16. The second-order valence-corrected chi connectivity index (χ2v) is 3.19. The standard InChI is InChI=1S/C11H11N3O/c1-3-12-11-6-13-10-5-4-9(8(2)15)7-14(10)11/h3-7,12H,1H2,2H3. The average Bonchev–Trinajstić information content (AvgIpc) is 2.61. The van der Waals surface area contributed by atoms with Gasteiger partial charge in [0, 0.05) is 11.8 Å². The minimum Gasteiger partial charge on any atom is -0.347 e. The summed E-state index contributed by atoms with van der Waals surface area (Å²) in [5, 5.41) is 2.95. The number of carbonyl (C=O) groups is 1. The summed E-state index contributed by atoms with van der Waals surface area (Å²) < 4.78 is 1.82. The third kappa shape index (κ3) is 1.61. The summed E-state index contributed by atoms with van der Waals surface area (Å²) >= 11 is 0. The molecule has 1 N–H and O–H groups in total. The molecule has 0 aliphatic carbocycles. The van der Waals surface area contributed by atoms with Crippen LogP contribution in [0, 0.1) is 0 Å². The topological polar surface area (TPSA) is 46.4 Å². The molecule has 0 radical (unpaired) electrons. The van der Waals surface area contributed by atoms with E-state index >= 15 is 0 Å². The van der Waals surface area contributed by atoms with Crippen LogP contribution in [0.15, 0.2) is 37.3 Å². The van der Waals surface area contributed by atoms with E-state index in [0.29, 0.717) is 5.56 Å². The Morgan fingerprint density at radius 2 is 2.40 bits per heavy atom. The lowest BCUT2D eigenvalue weighted by Crippen LogP contribution is -1.98. The number of anilines is 1. The number of fused-ring (bicyclic) bond motifs is 1. The fourth-order valence-electron chi connectivity index (χ4n) is 1.40. The zero-order chi connectivity index (χ0) is 10.8. The van der Waals surface area contributed by atoms with Gasteiger partial charge in [-0.2, -0.15) is 0 Å². The van der Waals surface area contributed by atoms with Crippen LogP contribution in [-0.4, -0.2) is 15.2 Å². The number of carbonyl (C=O) groups excluding carboxylic acids is 1. The molecule has 0 atom stereocenters. The van der Waals surface area contributed by atoms with E-state index in [4.69, 9.17) is 0 Å². The van der Waals surface area contributed by atoms with E-state index in [1.165, 1.54) is 0 Å². The van der Waals surface area contributed by atoms with E-state index < -0.39 is 0 Å². The minimum absolute atomic E-state index is 0.0372. The highest BCUT2D eigenvalue weighted by molar-refractivity contribution is 5.94. The van der Waals surface area contributed by atoms with Crippen molar-refractivity contribution in [2.75, 3.05) is 5.32 Å². The number of rotatable bonds is 3. The van der Waals surface area contributed by atoms with Gasteiger partial charge < -0.3 is 5.32 Å². The molecule has 4 heteroatoms. The highest BCUT2D eigenvalue weighted by atomic mass is 16.1. The van der Waals surface area contributed by atoms with E-state index in [2.05, 4.69) is 16.9 Å². The maximum Gasteiger partial charge on any atom is 0.161 e. The van der Waals surface area contributed by atoms with E-state index in [-0.39, 0.29) is 5.78 Å². The van der Waals surface area contributed by atoms with Crippen LogP contribution in [0.3, 0.4) is 0 Å². The quantitative estimate of drug-likeness (QED) is 0.773. The number of aromatic nitrogens is 2. The molecule has 0 aliphatic heterocycles. The molecule has 4 nitrogen and oxygen atoms in total. The number of nitrogens with zero attached hydrogens (tertiary/aromatic N) is 2. The van der Waals surface area contributed by atoms with Gasteiger partial charge in [0.2, 0.25) is 0 Å². The molecule has 2 aromatic heterocycles. The second-order valence-electron chi connectivity index (χ2n) is 3.19. The Bertz CT molecular complexity index is 528. The van der Waals surface area contributed by atoms with Crippen molar-refractivity contribution >= 4 is 17.2 Å². The summed E-state index contributed by atoms with van der Waals surface area (Å²) in [6.45, 7) is 5.12. The highest BCUT2D eigenvalue weighted by Crippen LogP contribution is 2.13. The molecule has 0 bridgehead atoms. The molecule has 0 aromatic carbocycles. The molecular formula is C11H11N3O. The molecule has 0 saturated heterocycles. The van der Waals surface area contributed by atoms with E-state index in [0.717, 1.165) is 11.5 Å². The first-order valence-electron chi connectivity index (χ1n) is 4.58. The van der Waals surface area contributed by atoms with Crippen molar-refractivity contribution in [1.29, 1.82) is 0 Å². The molecule has 0 aliphatic rings. The number of pyridine rings is 1. The van der Waals surface area contributed by atoms with Crippen LogP contribution >= 0.6 is 0 Å². The Hall–Kier alpha value is -2.10. The maximum atomic E-state index is 11.2. The van der Waals surface area contributed by atoms with Gasteiger partial charge in [-0.1, -0.05) is 6.58 Å². The van der Waals surface area contributed by atoms with Gasteiger partial charge in [0.1, 0.15) is 11.5 Å². The first kappa shape index (κ1) is 9.45. The van der Waals surface area contributed by atoms with Crippen LogP contribution in [0.1, 0.15) is 17.3 Å². The van der Waals surface area contributed by atoms with Crippen molar-refractivity contribution in [2.45, 2.75) is 6.92 Å². The first-order chi connectivity index (χ1) is 7.22. The molecule has 2 rings (SSSR count). The SMILES string of the molecule is C=CNc1cnc2ccc(C(C)=O)cn12. The third-order valence-corrected chi connectivity index (χ3v) is 2.16. The van der Waals surface area contributed by atoms with Crippen LogP contribution in [-0.2, 0) is 0 Å². The van der Waals surface area contributed by atoms with Crippen molar-refractivity contribution < 1.29 is 4.79 Å². The summed E-state index contributed by atoms with van der Waals surface area (Å²) in [6.07, 6.45) is 5.03. The van der Waals surface area contributed by atoms with Gasteiger partial charge in [-0.25, -0.2) is 4.98 Å². The zero-order valence-electron chi connectivity index (χ0n) is 8.40. The molecule has 0 saturated carbocycles. The van der Waals surface area contributed by atoms with Crippen molar-refractivity contribution in [3.63, 3.8) is 0 Å². The molecule has 0 amide bonds. The lowest BCUT2D eigenvalue weighted by Gasteiger charge is -2.02. The Kier molecular flexibility index (Phi) is 2.25. The Balaban J connectivity index is 2.60. The predicted octanol–water partition coefficient (Wildman–Crippen LogP) is 2.09. The van der Waals surface area contributed by atoms with E-state index in [9.17, 15) is 4.79 Å². The van der Waals surface area contributed by atoms with Crippen molar-refractivity contribution in [2.24, 2.45) is 0 Å². The molecule has 2 heterocycles. The van der Waals surface area contributed by atoms with E-state index in [1.807, 2.05) is 10.5 Å². The average molecular weight is 201 g/mol. The molecule has 0 spiro atoms. The highest BCUT2D eigenvalue weighted by Gasteiger charge is 2.04. The van der Waals surface area contributed by atoms with Gasteiger partial charge in [-0.15, -0.1) is 0 Å². The molecular weight excluding hydrogens is 190 g/mol. The van der Waals surface area contributed by atoms with Gasteiger partial charge in [-0.3, -0.25) is 9.20 Å². The Morgan fingerprint density at radius 1 is 1.60 bits per heavy atom. The maximum absolute atomic E-state index is 11.2. The Morgan fingerprint density at radius 3 is 3.07 bits per heavy atom. The van der Waals surface area contributed by atoms with Crippen molar-refractivity contribution in [3.8, 4) is 0 Å². The number of imidazole rings is 1. The van der Waals surface area contributed by atoms with Crippen molar-refractivity contribution in [3.05, 3.63) is 42.9 Å². The largest absolute Gasteiger partial charge is 0.347 e. The molecule has 0 fully saturated rings. The Labute approximate surface area is 87.3 Å². The number of hydrogen-bond acceptors (Lipinski definition) is 3. The second kappa shape index (κ2) is 3.57. The fraction of sp³-hybridized carbons (Fsp3) is 0.0909. The van der Waals surface area contributed by atoms with Gasteiger partial charge in [-0.05, 0) is 25.3 Å². The monoisotopic (exact) mass is 201 g/mol. The number of nitrogens with one attached hydrogen (secondary N) is 1. The number of Topliss-reactive ketones (excluding diaryl/α,β-unsaturated/α-hetero) is 1. The number of ketones is 1. The van der Waals surface area contributed by atoms with Gasteiger partial charge >= 0.3 is 0 Å². The number of hydrogen-bond donors (Lipinski definition) is 1. The molecule has 2 aromatic rings. The predicted molar refractivity (Wildman–Crippen MR) is 59.0 cm³/mol. The van der Waals surface area contributed by atoms with Crippen molar-refractivity contribution in [1.82, 2.24) is 9.38 Å². The lowest BCUT2D eigenvalue weighted by atomic mass is 10.2. The zero-order valence-corrected chi connectivity index (χ0v) is 8.40. The molecule has 0 unspecified atom stereocenters. The summed E-state index contributed by atoms with van der Waals surface area (Å²) in [5.74, 6) is 0.832. The van der Waals surface area contributed by atoms with Gasteiger partial charge in [0.25, 0.3) is 0 Å². The summed E-state index contributed by atoms with van der Waals surface area (Å²) in [5.41, 5.74) is 1.46. The minimum atomic E-state index is 0.0372. The summed E-state index contributed by atoms with van der Waals surface area (Å²) in [6, 6.07) is 3.58. The summed E-state index contributed by atoms with van der Waals surface area (Å²) in [7, 11) is 0. The smallest absolute Gasteiger partial charge is 0.161 e. The van der Waals surface area contributed by atoms with Crippen LogP contribution in [0.4, 0.5) is 5.82 Å². The normalized spacial score (nSPS) is 10.2. The lowest BCUT2D eigenvalue weighted by molar-refractivity contribution is 0.101. The molecule has 15 heavy (non-hydrogen) atoms. The van der Waals surface area contributed by atoms with Crippen LogP contribution in [0.2, 0.25) is 0 Å². The van der Waals surface area contributed by atoms with Crippen LogP contribution in [0.25, 0.3) is 5.65 Å². The van der Waals surface area contributed by atoms with Gasteiger partial charge in [0.15, 0.2) is 5.78 Å².